The summed E-state index contributed by atoms with van der Waals surface area (Å²) in [4.78, 5) is 10.9. The van der Waals surface area contributed by atoms with Gasteiger partial charge < -0.3 is 20.1 Å². The molecule has 0 radical (unpaired) electrons. The number of carbonyl (C=O) groups excluding carboxylic acids is 1. The molecule has 0 unspecified atom stereocenters. The Morgan fingerprint density at radius 3 is 2.00 bits per heavy atom. The highest BCUT2D eigenvalue weighted by molar-refractivity contribution is 6.56. The van der Waals surface area contributed by atoms with Crippen LogP contribution in [0.25, 0.3) is 0 Å². The van der Waals surface area contributed by atoms with E-state index in [1.54, 1.807) is 0 Å². The lowest BCUT2D eigenvalue weighted by molar-refractivity contribution is -0.145. The summed E-state index contributed by atoms with van der Waals surface area (Å²) in [5, 5.41) is 26.7. The number of ether oxygens (including phenoxy) is 1. The largest absolute Gasteiger partial charge is 0.462 e. The van der Waals surface area contributed by atoms with E-state index in [4.69, 9.17) is 38.5 Å². The molecule has 3 N–H and O–H groups in total. The summed E-state index contributed by atoms with van der Waals surface area (Å²) in [5.41, 5.74) is -1.25. The number of hydrogen-bond donors (Lipinski definition) is 3. The Balaban J connectivity index is 4.23. The number of aliphatic hydroxyl groups is 3. The van der Waals surface area contributed by atoms with Crippen LogP contribution in [0.4, 0.5) is 0 Å². The van der Waals surface area contributed by atoms with E-state index in [9.17, 15) is 4.79 Å². The minimum absolute atomic E-state index is 0.261. The molecule has 0 aromatic heterocycles. The molecule has 0 aliphatic heterocycles. The van der Waals surface area contributed by atoms with Gasteiger partial charge in [0.25, 0.3) is 0 Å². The molecule has 0 aromatic carbocycles. The van der Waals surface area contributed by atoms with Gasteiger partial charge >= 0.3 is 5.97 Å². The maximum absolute atomic E-state index is 10.9. The molecule has 7 heteroatoms. The van der Waals surface area contributed by atoms with Gasteiger partial charge in [0.2, 0.25) is 0 Å². The minimum Gasteiger partial charge on any atom is -0.462 e. The maximum Gasteiger partial charge on any atom is 0.333 e. The van der Waals surface area contributed by atoms with E-state index in [-0.39, 0.29) is 11.1 Å². The summed E-state index contributed by atoms with van der Waals surface area (Å²) in [5.74, 6) is -0.810. The van der Waals surface area contributed by atoms with Gasteiger partial charge in [-0.05, 0) is 0 Å². The predicted octanol–water partition coefficient (Wildman–Crippen LogP) is -0.188. The molecule has 0 heterocycles. The van der Waals surface area contributed by atoms with Gasteiger partial charge in [0.15, 0.2) is 0 Å². The van der Waals surface area contributed by atoms with Crippen molar-refractivity contribution in [1.82, 2.24) is 0 Å². The normalized spacial score (nSPS) is 11.0. The molecule has 88 valence electrons. The van der Waals surface area contributed by atoms with Crippen LogP contribution in [0, 0.1) is 5.41 Å². The van der Waals surface area contributed by atoms with Crippen molar-refractivity contribution in [3.8, 4) is 0 Å². The van der Waals surface area contributed by atoms with Crippen molar-refractivity contribution in [3.05, 3.63) is 10.6 Å². The fourth-order valence-electron chi connectivity index (χ4n) is 0.642. The van der Waals surface area contributed by atoms with Crippen LogP contribution in [0.15, 0.2) is 10.6 Å². The van der Waals surface area contributed by atoms with Crippen molar-refractivity contribution in [2.24, 2.45) is 5.41 Å². The molecule has 0 bridgehead atoms. The van der Waals surface area contributed by atoms with Gasteiger partial charge in [-0.15, -0.1) is 0 Å². The number of hydrogen-bond acceptors (Lipinski definition) is 5. The maximum atomic E-state index is 10.9. The van der Waals surface area contributed by atoms with Gasteiger partial charge in [0.05, 0.1) is 31.3 Å². The van der Waals surface area contributed by atoms with Crippen molar-refractivity contribution < 1.29 is 24.9 Å². The second-order valence-electron chi connectivity index (χ2n) is 3.02. The zero-order valence-electron chi connectivity index (χ0n) is 7.82. The van der Waals surface area contributed by atoms with Crippen molar-refractivity contribution in [3.63, 3.8) is 0 Å². The number of carbonyl (C=O) groups is 1. The van der Waals surface area contributed by atoms with Crippen LogP contribution >= 0.6 is 23.2 Å². The SMILES string of the molecule is O=C(C=C(Cl)Cl)OCC(CO)(CO)CO. The number of rotatable bonds is 6. The number of esters is 1. The summed E-state index contributed by atoms with van der Waals surface area (Å²) in [6.07, 6.45) is 0.833. The summed E-state index contributed by atoms with van der Waals surface area (Å²) >= 11 is 10.4. The molecule has 0 atom stereocenters. The lowest BCUT2D eigenvalue weighted by atomic mass is 9.93. The molecule has 5 nitrogen and oxygen atoms in total. The third kappa shape index (κ3) is 5.34. The van der Waals surface area contributed by atoms with Crippen LogP contribution in [-0.2, 0) is 9.53 Å². The van der Waals surface area contributed by atoms with Gasteiger partial charge in [-0.25, -0.2) is 4.79 Å². The molecule has 0 aliphatic carbocycles. The van der Waals surface area contributed by atoms with E-state index in [2.05, 4.69) is 4.74 Å². The predicted molar refractivity (Wildman–Crippen MR) is 54.4 cm³/mol. The smallest absolute Gasteiger partial charge is 0.333 e. The Labute approximate surface area is 96.9 Å². The van der Waals surface area contributed by atoms with Crippen LogP contribution in [-0.4, -0.2) is 47.7 Å². The molecule has 0 spiro atoms. The average Bonchev–Trinajstić information content (AvgIpc) is 2.20. The molecule has 0 rings (SSSR count). The van der Waals surface area contributed by atoms with Crippen LogP contribution < -0.4 is 0 Å². The Morgan fingerprint density at radius 1 is 1.20 bits per heavy atom. The highest BCUT2D eigenvalue weighted by Gasteiger charge is 2.29. The lowest BCUT2D eigenvalue weighted by Crippen LogP contribution is -2.39. The van der Waals surface area contributed by atoms with Crippen LogP contribution in [0.2, 0.25) is 0 Å². The van der Waals surface area contributed by atoms with E-state index in [1.807, 2.05) is 0 Å². The topological polar surface area (TPSA) is 87.0 Å². The monoisotopic (exact) mass is 258 g/mol. The molecule has 15 heavy (non-hydrogen) atoms. The Kier molecular flexibility index (Phi) is 6.87. The van der Waals surface area contributed by atoms with Crippen molar-refractivity contribution in [2.45, 2.75) is 0 Å². The van der Waals surface area contributed by atoms with Gasteiger partial charge in [-0.2, -0.15) is 0 Å². The Bertz CT molecular complexity index is 225. The Morgan fingerprint density at radius 2 is 1.67 bits per heavy atom. The molecule has 0 saturated heterocycles. The highest BCUT2D eigenvalue weighted by Crippen LogP contribution is 2.15. The number of halogens is 2. The summed E-state index contributed by atoms with van der Waals surface area (Å²) in [6, 6.07) is 0. The summed E-state index contributed by atoms with van der Waals surface area (Å²) in [7, 11) is 0. The van der Waals surface area contributed by atoms with E-state index in [1.165, 1.54) is 0 Å². The molecule has 0 amide bonds. The molecule has 0 saturated carbocycles. The Hall–Kier alpha value is -0.330. The summed E-state index contributed by atoms with van der Waals surface area (Å²) in [6.45, 7) is -1.85. The average molecular weight is 259 g/mol. The standard InChI is InChI=1S/C8H12Cl2O5/c9-6(10)1-7(14)15-5-8(2-11,3-12)4-13/h1,11-13H,2-5H2. The first-order valence-electron chi connectivity index (χ1n) is 4.02. The molecular weight excluding hydrogens is 247 g/mol. The molecular formula is C8H12Cl2O5. The lowest BCUT2D eigenvalue weighted by Gasteiger charge is -2.26. The minimum atomic E-state index is -1.25. The van der Waals surface area contributed by atoms with E-state index in [0.717, 1.165) is 6.08 Å². The second-order valence-corrected chi connectivity index (χ2v) is 4.02. The van der Waals surface area contributed by atoms with Crippen molar-refractivity contribution in [2.75, 3.05) is 26.4 Å². The fraction of sp³-hybridized carbons (Fsp3) is 0.625. The zero-order valence-corrected chi connectivity index (χ0v) is 9.33. The molecule has 0 aromatic rings. The number of aliphatic hydroxyl groups excluding tert-OH is 3. The van der Waals surface area contributed by atoms with Crippen LogP contribution in [0.3, 0.4) is 0 Å². The van der Waals surface area contributed by atoms with E-state index in [0.29, 0.717) is 0 Å². The first kappa shape index (κ1) is 14.7. The first-order valence-corrected chi connectivity index (χ1v) is 4.77. The van der Waals surface area contributed by atoms with E-state index < -0.39 is 31.2 Å². The first-order chi connectivity index (χ1) is 6.99. The van der Waals surface area contributed by atoms with E-state index >= 15 is 0 Å². The van der Waals surface area contributed by atoms with Gasteiger partial charge in [-0.1, -0.05) is 23.2 Å². The molecule has 0 fully saturated rings. The van der Waals surface area contributed by atoms with Gasteiger partial charge in [-0.3, -0.25) is 0 Å². The zero-order chi connectivity index (χ0) is 11.9. The molecule has 0 aliphatic rings. The van der Waals surface area contributed by atoms with Crippen LogP contribution in [0.1, 0.15) is 0 Å². The highest BCUT2D eigenvalue weighted by atomic mass is 35.5. The van der Waals surface area contributed by atoms with Crippen molar-refractivity contribution >= 4 is 29.2 Å². The third-order valence-electron chi connectivity index (χ3n) is 1.75. The second kappa shape index (κ2) is 7.03. The van der Waals surface area contributed by atoms with Gasteiger partial charge in [0, 0.05) is 0 Å². The van der Waals surface area contributed by atoms with Crippen LogP contribution in [0.5, 0.6) is 0 Å². The van der Waals surface area contributed by atoms with Gasteiger partial charge in [0.1, 0.15) is 11.1 Å². The fourth-order valence-corrected chi connectivity index (χ4v) is 0.820. The van der Waals surface area contributed by atoms with Crippen molar-refractivity contribution in [1.29, 1.82) is 0 Å². The third-order valence-corrected chi connectivity index (χ3v) is 1.97. The quantitative estimate of drug-likeness (QED) is 0.454. The summed E-state index contributed by atoms with van der Waals surface area (Å²) < 4.78 is 4.37.